The number of halogens is 1. The van der Waals surface area contributed by atoms with Crippen LogP contribution in [0.3, 0.4) is 0 Å². The van der Waals surface area contributed by atoms with Gasteiger partial charge in [-0.2, -0.15) is 5.26 Å². The Labute approximate surface area is 128 Å². The summed E-state index contributed by atoms with van der Waals surface area (Å²) in [5.74, 6) is 0.453. The van der Waals surface area contributed by atoms with Crippen LogP contribution in [0.15, 0.2) is 40.9 Å². The van der Waals surface area contributed by atoms with Gasteiger partial charge in [0.15, 0.2) is 0 Å². The van der Waals surface area contributed by atoms with Gasteiger partial charge in [0.2, 0.25) is 0 Å². The molecule has 2 aromatic rings. The highest BCUT2D eigenvalue weighted by atomic mass is 79.9. The van der Waals surface area contributed by atoms with Crippen molar-refractivity contribution >= 4 is 27.3 Å². The van der Waals surface area contributed by atoms with Crippen LogP contribution in [-0.4, -0.2) is 0 Å². The number of rotatable bonds is 3. The zero-order valence-electron chi connectivity index (χ0n) is 11.9. The topological polar surface area (TPSA) is 35.8 Å². The molecule has 102 valence electrons. The minimum atomic E-state index is 0.453. The van der Waals surface area contributed by atoms with Crippen LogP contribution in [0.5, 0.6) is 0 Å². The summed E-state index contributed by atoms with van der Waals surface area (Å²) >= 11 is 3.52. The van der Waals surface area contributed by atoms with Crippen molar-refractivity contribution in [2.45, 2.75) is 26.7 Å². The third kappa shape index (κ3) is 3.02. The highest BCUT2D eigenvalue weighted by Crippen LogP contribution is 2.33. The summed E-state index contributed by atoms with van der Waals surface area (Å²) in [6.07, 6.45) is 0. The maximum Gasteiger partial charge on any atom is 0.0992 e. The molecule has 0 spiro atoms. The number of nitrogens with zero attached hydrogens (tertiary/aromatic N) is 1. The normalized spacial score (nSPS) is 10.4. The van der Waals surface area contributed by atoms with E-state index in [-0.39, 0.29) is 0 Å². The van der Waals surface area contributed by atoms with Crippen LogP contribution >= 0.6 is 15.9 Å². The Kier molecular flexibility index (Phi) is 4.46. The number of benzene rings is 2. The van der Waals surface area contributed by atoms with Gasteiger partial charge in [-0.05, 0) is 58.1 Å². The predicted molar refractivity (Wildman–Crippen MR) is 87.4 cm³/mol. The number of hydrogen-bond donors (Lipinski definition) is 1. The first-order valence-corrected chi connectivity index (χ1v) is 7.38. The maximum atomic E-state index is 8.91. The van der Waals surface area contributed by atoms with Crippen LogP contribution in [0.4, 0.5) is 11.4 Å². The molecule has 0 fully saturated rings. The Morgan fingerprint density at radius 1 is 1.20 bits per heavy atom. The molecule has 1 N–H and O–H groups in total. The fourth-order valence-electron chi connectivity index (χ4n) is 2.16. The van der Waals surface area contributed by atoms with Gasteiger partial charge < -0.3 is 5.32 Å². The standard InChI is InChI=1S/C17H17BrN2/c1-11(2)14-6-4-5-12(3)17(14)20-16-8-7-13(10-19)9-15(16)18/h4-9,11,20H,1-3H3. The van der Waals surface area contributed by atoms with Gasteiger partial charge in [-0.3, -0.25) is 0 Å². The second kappa shape index (κ2) is 6.11. The van der Waals surface area contributed by atoms with Crippen LogP contribution in [0.1, 0.15) is 36.5 Å². The van der Waals surface area contributed by atoms with Crippen LogP contribution in [-0.2, 0) is 0 Å². The van der Waals surface area contributed by atoms with Gasteiger partial charge >= 0.3 is 0 Å². The smallest absolute Gasteiger partial charge is 0.0992 e. The molecule has 0 heterocycles. The number of anilines is 2. The Balaban J connectivity index is 2.43. The molecule has 3 heteroatoms. The van der Waals surface area contributed by atoms with Crippen LogP contribution in [0.2, 0.25) is 0 Å². The fourth-order valence-corrected chi connectivity index (χ4v) is 2.64. The van der Waals surface area contributed by atoms with Crippen molar-refractivity contribution in [3.8, 4) is 6.07 Å². The van der Waals surface area contributed by atoms with E-state index in [0.717, 1.165) is 15.8 Å². The van der Waals surface area contributed by atoms with Crippen molar-refractivity contribution in [2.24, 2.45) is 0 Å². The third-order valence-electron chi connectivity index (χ3n) is 3.28. The minimum Gasteiger partial charge on any atom is -0.354 e. The molecule has 2 aromatic carbocycles. The Bertz CT molecular complexity index is 669. The van der Waals surface area contributed by atoms with E-state index in [1.54, 1.807) is 0 Å². The van der Waals surface area contributed by atoms with Crippen molar-refractivity contribution in [3.05, 3.63) is 57.6 Å². The Morgan fingerprint density at radius 2 is 1.95 bits per heavy atom. The van der Waals surface area contributed by atoms with Crippen molar-refractivity contribution in [3.63, 3.8) is 0 Å². The molecule has 0 saturated carbocycles. The van der Waals surface area contributed by atoms with Crippen molar-refractivity contribution in [1.29, 1.82) is 5.26 Å². The molecular formula is C17H17BrN2. The summed E-state index contributed by atoms with van der Waals surface area (Å²) in [5, 5.41) is 12.4. The molecule has 0 radical (unpaired) electrons. The van der Waals surface area contributed by atoms with E-state index in [2.05, 4.69) is 66.3 Å². The van der Waals surface area contributed by atoms with E-state index in [1.165, 1.54) is 11.1 Å². The van der Waals surface area contributed by atoms with E-state index in [1.807, 2.05) is 18.2 Å². The van der Waals surface area contributed by atoms with Crippen molar-refractivity contribution < 1.29 is 0 Å². The number of para-hydroxylation sites is 1. The lowest BCUT2D eigenvalue weighted by Gasteiger charge is -2.18. The minimum absolute atomic E-state index is 0.453. The first kappa shape index (κ1) is 14.6. The second-order valence-corrected chi connectivity index (χ2v) is 5.98. The Morgan fingerprint density at radius 3 is 2.55 bits per heavy atom. The lowest BCUT2D eigenvalue weighted by molar-refractivity contribution is 0.867. The van der Waals surface area contributed by atoms with Crippen molar-refractivity contribution in [2.75, 3.05) is 5.32 Å². The van der Waals surface area contributed by atoms with Crippen molar-refractivity contribution in [1.82, 2.24) is 0 Å². The van der Waals surface area contributed by atoms with Crippen LogP contribution < -0.4 is 5.32 Å². The molecule has 0 aliphatic heterocycles. The summed E-state index contributed by atoms with van der Waals surface area (Å²) in [6, 6.07) is 14.1. The highest BCUT2D eigenvalue weighted by Gasteiger charge is 2.10. The van der Waals surface area contributed by atoms with Gasteiger partial charge in [0, 0.05) is 10.2 Å². The van der Waals surface area contributed by atoms with Gasteiger partial charge in [-0.25, -0.2) is 0 Å². The molecule has 2 nitrogen and oxygen atoms in total. The van der Waals surface area contributed by atoms with Gasteiger partial charge in [-0.15, -0.1) is 0 Å². The molecular weight excluding hydrogens is 312 g/mol. The van der Waals surface area contributed by atoms with E-state index < -0.39 is 0 Å². The molecule has 20 heavy (non-hydrogen) atoms. The largest absolute Gasteiger partial charge is 0.354 e. The quantitative estimate of drug-likeness (QED) is 0.807. The summed E-state index contributed by atoms with van der Waals surface area (Å²) in [6.45, 7) is 6.48. The molecule has 0 atom stereocenters. The molecule has 0 unspecified atom stereocenters. The second-order valence-electron chi connectivity index (χ2n) is 5.13. The molecule has 0 aliphatic rings. The number of aryl methyl sites for hydroxylation is 1. The molecule has 0 amide bonds. The summed E-state index contributed by atoms with van der Waals surface area (Å²) in [4.78, 5) is 0. The number of hydrogen-bond acceptors (Lipinski definition) is 2. The molecule has 2 rings (SSSR count). The van der Waals surface area contributed by atoms with Gasteiger partial charge in [0.1, 0.15) is 0 Å². The predicted octanol–water partition coefficient (Wildman–Crippen LogP) is 5.50. The maximum absolute atomic E-state index is 8.91. The highest BCUT2D eigenvalue weighted by molar-refractivity contribution is 9.10. The summed E-state index contributed by atoms with van der Waals surface area (Å²) in [5.41, 5.74) is 5.28. The first-order valence-electron chi connectivity index (χ1n) is 6.59. The Hall–Kier alpha value is -1.79. The molecule has 0 aliphatic carbocycles. The average Bonchev–Trinajstić information content (AvgIpc) is 2.42. The zero-order chi connectivity index (χ0) is 14.7. The summed E-state index contributed by atoms with van der Waals surface area (Å²) < 4.78 is 0.898. The van der Waals surface area contributed by atoms with Crippen LogP contribution in [0.25, 0.3) is 0 Å². The number of nitrogens with one attached hydrogen (secondary N) is 1. The SMILES string of the molecule is Cc1cccc(C(C)C)c1Nc1ccc(C#N)cc1Br. The van der Waals surface area contributed by atoms with E-state index in [9.17, 15) is 0 Å². The molecule has 0 saturated heterocycles. The lowest BCUT2D eigenvalue weighted by Crippen LogP contribution is -2.01. The zero-order valence-corrected chi connectivity index (χ0v) is 13.5. The third-order valence-corrected chi connectivity index (χ3v) is 3.94. The first-order chi connectivity index (χ1) is 9.52. The van der Waals surface area contributed by atoms with Gasteiger partial charge in [-0.1, -0.05) is 32.0 Å². The van der Waals surface area contributed by atoms with Gasteiger partial charge in [0.25, 0.3) is 0 Å². The van der Waals surface area contributed by atoms with Crippen LogP contribution in [0, 0.1) is 18.3 Å². The average molecular weight is 329 g/mol. The molecule has 0 aromatic heterocycles. The monoisotopic (exact) mass is 328 g/mol. The van der Waals surface area contributed by atoms with E-state index >= 15 is 0 Å². The number of nitriles is 1. The fraction of sp³-hybridized carbons (Fsp3) is 0.235. The molecule has 0 bridgehead atoms. The van der Waals surface area contributed by atoms with E-state index in [0.29, 0.717) is 11.5 Å². The van der Waals surface area contributed by atoms with E-state index in [4.69, 9.17) is 5.26 Å². The van der Waals surface area contributed by atoms with Gasteiger partial charge in [0.05, 0.1) is 17.3 Å². The lowest BCUT2D eigenvalue weighted by atomic mass is 9.98. The summed E-state index contributed by atoms with van der Waals surface area (Å²) in [7, 11) is 0.